The lowest BCUT2D eigenvalue weighted by atomic mass is 10.2. The van der Waals surface area contributed by atoms with Crippen LogP contribution in [0.25, 0.3) is 0 Å². The van der Waals surface area contributed by atoms with E-state index in [2.05, 4.69) is 20.3 Å². The van der Waals surface area contributed by atoms with E-state index in [1.165, 1.54) is 11.6 Å². The summed E-state index contributed by atoms with van der Waals surface area (Å²) in [6.07, 6.45) is 6.30. The van der Waals surface area contributed by atoms with Gasteiger partial charge in [0.2, 0.25) is 0 Å². The SMILES string of the molecule is O=C(O)c1ccc(CNc2ncnc3c2CCC3)cn1. The first-order valence-corrected chi connectivity index (χ1v) is 6.49. The van der Waals surface area contributed by atoms with Crippen LogP contribution in [0.1, 0.15) is 33.7 Å². The smallest absolute Gasteiger partial charge is 0.354 e. The van der Waals surface area contributed by atoms with E-state index in [9.17, 15) is 4.79 Å². The Morgan fingerprint density at radius 3 is 2.90 bits per heavy atom. The average molecular weight is 270 g/mol. The number of hydrogen-bond donors (Lipinski definition) is 2. The fourth-order valence-electron chi connectivity index (χ4n) is 2.35. The van der Waals surface area contributed by atoms with E-state index >= 15 is 0 Å². The van der Waals surface area contributed by atoms with Crippen molar-refractivity contribution in [3.05, 3.63) is 47.2 Å². The summed E-state index contributed by atoms with van der Waals surface area (Å²) in [5, 5.41) is 12.1. The minimum absolute atomic E-state index is 0.0525. The standard InChI is InChI=1S/C14H14N4O2/c19-14(20)12-5-4-9(6-15-12)7-16-13-10-2-1-3-11(10)17-8-18-13/h4-6,8H,1-3,7H2,(H,19,20)(H,16,17,18). The molecule has 0 aromatic carbocycles. The summed E-state index contributed by atoms with van der Waals surface area (Å²) >= 11 is 0. The van der Waals surface area contributed by atoms with E-state index < -0.39 is 5.97 Å². The third-order valence-corrected chi connectivity index (χ3v) is 3.38. The first-order valence-electron chi connectivity index (χ1n) is 6.49. The van der Waals surface area contributed by atoms with E-state index in [-0.39, 0.29) is 5.69 Å². The molecule has 3 rings (SSSR count). The van der Waals surface area contributed by atoms with Gasteiger partial charge in [-0.15, -0.1) is 0 Å². The van der Waals surface area contributed by atoms with Crippen molar-refractivity contribution in [2.24, 2.45) is 0 Å². The molecule has 0 saturated heterocycles. The Kier molecular flexibility index (Phi) is 3.28. The average Bonchev–Trinajstić information content (AvgIpc) is 2.94. The first-order chi connectivity index (χ1) is 9.74. The number of carboxylic acid groups (broad SMARTS) is 1. The van der Waals surface area contributed by atoms with Crippen molar-refractivity contribution in [2.75, 3.05) is 5.32 Å². The van der Waals surface area contributed by atoms with Gasteiger partial charge in [0, 0.05) is 24.0 Å². The normalized spacial score (nSPS) is 13.0. The molecule has 102 valence electrons. The van der Waals surface area contributed by atoms with Crippen molar-refractivity contribution in [3.63, 3.8) is 0 Å². The largest absolute Gasteiger partial charge is 0.477 e. The van der Waals surface area contributed by atoms with Gasteiger partial charge in [-0.05, 0) is 30.9 Å². The van der Waals surface area contributed by atoms with Crippen LogP contribution in [0.4, 0.5) is 5.82 Å². The molecule has 20 heavy (non-hydrogen) atoms. The second kappa shape index (κ2) is 5.24. The number of aromatic nitrogens is 3. The fourth-order valence-corrected chi connectivity index (χ4v) is 2.35. The Morgan fingerprint density at radius 2 is 2.15 bits per heavy atom. The van der Waals surface area contributed by atoms with Crippen LogP contribution in [0.15, 0.2) is 24.7 Å². The molecule has 0 fully saturated rings. The number of fused-ring (bicyclic) bond motifs is 1. The zero-order chi connectivity index (χ0) is 13.9. The molecule has 0 radical (unpaired) electrons. The van der Waals surface area contributed by atoms with Gasteiger partial charge in [0.25, 0.3) is 0 Å². The summed E-state index contributed by atoms with van der Waals surface area (Å²) in [6, 6.07) is 3.26. The second-order valence-corrected chi connectivity index (χ2v) is 4.71. The molecule has 0 saturated carbocycles. The summed E-state index contributed by atoms with van der Waals surface area (Å²) in [7, 11) is 0. The van der Waals surface area contributed by atoms with Gasteiger partial charge in [-0.1, -0.05) is 6.07 Å². The molecule has 1 aliphatic carbocycles. The third-order valence-electron chi connectivity index (χ3n) is 3.38. The highest BCUT2D eigenvalue weighted by atomic mass is 16.4. The predicted octanol–water partition coefficient (Wildman–Crippen LogP) is 1.67. The summed E-state index contributed by atoms with van der Waals surface area (Å²) in [4.78, 5) is 23.2. The third kappa shape index (κ3) is 2.45. The highest BCUT2D eigenvalue weighted by Gasteiger charge is 2.16. The molecule has 1 aliphatic rings. The quantitative estimate of drug-likeness (QED) is 0.878. The molecule has 6 nitrogen and oxygen atoms in total. The Labute approximate surface area is 115 Å². The molecule has 2 N–H and O–H groups in total. The molecular weight excluding hydrogens is 256 g/mol. The molecule has 2 aromatic heterocycles. The number of carbonyl (C=O) groups is 1. The van der Waals surface area contributed by atoms with Crippen molar-refractivity contribution in [1.82, 2.24) is 15.0 Å². The molecule has 6 heteroatoms. The monoisotopic (exact) mass is 270 g/mol. The van der Waals surface area contributed by atoms with Gasteiger partial charge in [-0.25, -0.2) is 19.7 Å². The highest BCUT2D eigenvalue weighted by Crippen LogP contribution is 2.25. The molecule has 0 bridgehead atoms. The highest BCUT2D eigenvalue weighted by molar-refractivity contribution is 5.85. The van der Waals surface area contributed by atoms with E-state index in [0.717, 1.165) is 36.3 Å². The number of anilines is 1. The molecule has 2 aromatic rings. The number of carboxylic acids is 1. The predicted molar refractivity (Wildman–Crippen MR) is 72.6 cm³/mol. The van der Waals surface area contributed by atoms with Gasteiger partial charge in [-0.3, -0.25) is 0 Å². The lowest BCUT2D eigenvalue weighted by molar-refractivity contribution is 0.0690. The summed E-state index contributed by atoms with van der Waals surface area (Å²) in [5.74, 6) is -0.145. The van der Waals surface area contributed by atoms with Gasteiger partial charge in [0.1, 0.15) is 17.8 Å². The number of nitrogens with zero attached hydrogens (tertiary/aromatic N) is 3. The summed E-state index contributed by atoms with van der Waals surface area (Å²) in [6.45, 7) is 0.566. The van der Waals surface area contributed by atoms with Crippen molar-refractivity contribution >= 4 is 11.8 Å². The topological polar surface area (TPSA) is 88.0 Å². The van der Waals surface area contributed by atoms with Gasteiger partial charge >= 0.3 is 5.97 Å². The van der Waals surface area contributed by atoms with Crippen LogP contribution in [-0.2, 0) is 19.4 Å². The van der Waals surface area contributed by atoms with Crippen molar-refractivity contribution in [2.45, 2.75) is 25.8 Å². The van der Waals surface area contributed by atoms with Crippen molar-refractivity contribution < 1.29 is 9.90 Å². The van der Waals surface area contributed by atoms with Crippen LogP contribution in [-0.4, -0.2) is 26.0 Å². The molecular formula is C14H14N4O2. The summed E-state index contributed by atoms with van der Waals surface area (Å²) in [5.41, 5.74) is 3.29. The van der Waals surface area contributed by atoms with Crippen LogP contribution in [0, 0.1) is 0 Å². The number of aromatic carboxylic acids is 1. The Bertz CT molecular complexity index is 640. The van der Waals surface area contributed by atoms with Gasteiger partial charge in [0.05, 0.1) is 0 Å². The minimum atomic E-state index is -1.02. The zero-order valence-electron chi connectivity index (χ0n) is 10.8. The first kappa shape index (κ1) is 12.5. The number of rotatable bonds is 4. The maximum Gasteiger partial charge on any atom is 0.354 e. The van der Waals surface area contributed by atoms with E-state index in [1.807, 2.05) is 0 Å². The van der Waals surface area contributed by atoms with E-state index in [1.54, 1.807) is 18.6 Å². The van der Waals surface area contributed by atoms with Crippen LogP contribution in [0.5, 0.6) is 0 Å². The molecule has 0 unspecified atom stereocenters. The van der Waals surface area contributed by atoms with Gasteiger partial charge < -0.3 is 10.4 Å². The van der Waals surface area contributed by atoms with Gasteiger partial charge in [0.15, 0.2) is 0 Å². The maximum absolute atomic E-state index is 10.7. The maximum atomic E-state index is 10.7. The Hall–Kier alpha value is -2.50. The fraction of sp³-hybridized carbons (Fsp3) is 0.286. The lowest BCUT2D eigenvalue weighted by Crippen LogP contribution is -2.07. The van der Waals surface area contributed by atoms with Gasteiger partial charge in [-0.2, -0.15) is 0 Å². The molecule has 0 amide bonds. The zero-order valence-corrected chi connectivity index (χ0v) is 10.8. The summed E-state index contributed by atoms with van der Waals surface area (Å²) < 4.78 is 0. The number of nitrogens with one attached hydrogen (secondary N) is 1. The van der Waals surface area contributed by atoms with Crippen LogP contribution >= 0.6 is 0 Å². The van der Waals surface area contributed by atoms with Crippen LogP contribution in [0.2, 0.25) is 0 Å². The Balaban J connectivity index is 1.71. The number of hydrogen-bond acceptors (Lipinski definition) is 5. The van der Waals surface area contributed by atoms with Crippen molar-refractivity contribution in [1.29, 1.82) is 0 Å². The lowest BCUT2D eigenvalue weighted by Gasteiger charge is -2.09. The number of aryl methyl sites for hydroxylation is 1. The molecule has 0 aliphatic heterocycles. The van der Waals surface area contributed by atoms with Crippen LogP contribution in [0.3, 0.4) is 0 Å². The molecule has 2 heterocycles. The van der Waals surface area contributed by atoms with E-state index in [0.29, 0.717) is 6.54 Å². The van der Waals surface area contributed by atoms with E-state index in [4.69, 9.17) is 5.11 Å². The molecule has 0 atom stereocenters. The van der Waals surface area contributed by atoms with Crippen molar-refractivity contribution in [3.8, 4) is 0 Å². The van der Waals surface area contributed by atoms with Crippen LogP contribution < -0.4 is 5.32 Å². The second-order valence-electron chi connectivity index (χ2n) is 4.71. The minimum Gasteiger partial charge on any atom is -0.477 e. The Morgan fingerprint density at radius 1 is 1.25 bits per heavy atom. The number of pyridine rings is 1. The molecule has 0 spiro atoms.